The second-order valence-corrected chi connectivity index (χ2v) is 4.15. The van der Waals surface area contributed by atoms with Gasteiger partial charge in [0, 0.05) is 19.6 Å². The van der Waals surface area contributed by atoms with E-state index in [0.717, 1.165) is 5.69 Å². The third-order valence-corrected chi connectivity index (χ3v) is 2.24. The third kappa shape index (κ3) is 3.00. The zero-order valence-corrected chi connectivity index (χ0v) is 10.2. The Morgan fingerprint density at radius 3 is 2.69 bits per heavy atom. The van der Waals surface area contributed by atoms with Gasteiger partial charge in [-0.15, -0.1) is 0 Å². The van der Waals surface area contributed by atoms with E-state index in [0.29, 0.717) is 17.8 Å². The van der Waals surface area contributed by atoms with Crippen LogP contribution in [0.25, 0.3) is 0 Å². The van der Waals surface area contributed by atoms with E-state index in [1.807, 2.05) is 13.8 Å². The van der Waals surface area contributed by atoms with E-state index in [-0.39, 0.29) is 11.9 Å². The highest BCUT2D eigenvalue weighted by Crippen LogP contribution is 2.08. The fourth-order valence-corrected chi connectivity index (χ4v) is 1.49. The molecule has 0 aliphatic heterocycles. The summed E-state index contributed by atoms with van der Waals surface area (Å²) in [5, 5.41) is 7.83. The van der Waals surface area contributed by atoms with Crippen LogP contribution in [0.3, 0.4) is 0 Å². The number of carbonyl (C=O) groups excluding carboxylic acids is 1. The van der Waals surface area contributed by atoms with Gasteiger partial charge in [-0.1, -0.05) is 0 Å². The van der Waals surface area contributed by atoms with Gasteiger partial charge in [0.1, 0.15) is 0 Å². The quantitative estimate of drug-likeness (QED) is 0.809. The first-order valence-electron chi connectivity index (χ1n) is 5.23. The monoisotopic (exact) mass is 222 g/mol. The maximum atomic E-state index is 12.1. The standard InChI is InChI=1S/C11H18N4O/c1-7(12)6-15(4)11(16)10-5-8(2)13-14-9(10)3/h5,7H,6,12H2,1-4H3. The van der Waals surface area contributed by atoms with Gasteiger partial charge in [0.15, 0.2) is 0 Å². The van der Waals surface area contributed by atoms with E-state index >= 15 is 0 Å². The van der Waals surface area contributed by atoms with E-state index in [9.17, 15) is 4.79 Å². The Morgan fingerprint density at radius 2 is 2.12 bits per heavy atom. The Kier molecular flexibility index (Phi) is 3.95. The van der Waals surface area contributed by atoms with Crippen LogP contribution in [-0.2, 0) is 0 Å². The fourth-order valence-electron chi connectivity index (χ4n) is 1.49. The smallest absolute Gasteiger partial charge is 0.255 e. The van der Waals surface area contributed by atoms with E-state index < -0.39 is 0 Å². The number of hydrogen-bond acceptors (Lipinski definition) is 4. The Morgan fingerprint density at radius 1 is 1.50 bits per heavy atom. The normalized spacial score (nSPS) is 12.3. The molecular weight excluding hydrogens is 204 g/mol. The van der Waals surface area contributed by atoms with Gasteiger partial charge in [-0.05, 0) is 26.8 Å². The van der Waals surface area contributed by atoms with Crippen molar-refractivity contribution in [2.75, 3.05) is 13.6 Å². The molecule has 1 amide bonds. The van der Waals surface area contributed by atoms with Crippen LogP contribution >= 0.6 is 0 Å². The minimum atomic E-state index is -0.0622. The van der Waals surface area contributed by atoms with Gasteiger partial charge in [0.2, 0.25) is 0 Å². The summed E-state index contributed by atoms with van der Waals surface area (Å²) < 4.78 is 0. The van der Waals surface area contributed by atoms with Crippen LogP contribution in [0.1, 0.15) is 28.7 Å². The zero-order chi connectivity index (χ0) is 12.3. The largest absolute Gasteiger partial charge is 0.340 e. The lowest BCUT2D eigenvalue weighted by molar-refractivity contribution is 0.0787. The summed E-state index contributed by atoms with van der Waals surface area (Å²) in [5.41, 5.74) is 7.63. The third-order valence-electron chi connectivity index (χ3n) is 2.24. The lowest BCUT2D eigenvalue weighted by Gasteiger charge is -2.19. The van der Waals surface area contributed by atoms with Crippen molar-refractivity contribution in [3.63, 3.8) is 0 Å². The highest BCUT2D eigenvalue weighted by atomic mass is 16.2. The predicted molar refractivity (Wildman–Crippen MR) is 62.1 cm³/mol. The number of hydrogen-bond donors (Lipinski definition) is 1. The fraction of sp³-hybridized carbons (Fsp3) is 0.545. The van der Waals surface area contributed by atoms with Crippen LogP contribution in [0.2, 0.25) is 0 Å². The molecule has 5 heteroatoms. The summed E-state index contributed by atoms with van der Waals surface area (Å²) in [7, 11) is 1.74. The molecule has 0 aliphatic rings. The molecule has 0 spiro atoms. The molecule has 1 aromatic rings. The molecule has 0 aliphatic carbocycles. The number of nitrogens with zero attached hydrogens (tertiary/aromatic N) is 3. The van der Waals surface area contributed by atoms with Gasteiger partial charge in [-0.3, -0.25) is 4.79 Å². The molecule has 0 fully saturated rings. The van der Waals surface area contributed by atoms with Gasteiger partial charge in [-0.25, -0.2) is 0 Å². The van der Waals surface area contributed by atoms with E-state index in [4.69, 9.17) is 5.73 Å². The van der Waals surface area contributed by atoms with Crippen molar-refractivity contribution in [3.8, 4) is 0 Å². The van der Waals surface area contributed by atoms with E-state index in [1.165, 1.54) is 0 Å². The summed E-state index contributed by atoms with van der Waals surface area (Å²) in [4.78, 5) is 13.7. The second-order valence-electron chi connectivity index (χ2n) is 4.15. The Labute approximate surface area is 95.7 Å². The first-order chi connectivity index (χ1) is 7.41. The van der Waals surface area contributed by atoms with Gasteiger partial charge in [0.05, 0.1) is 17.0 Å². The molecule has 1 aromatic heterocycles. The summed E-state index contributed by atoms with van der Waals surface area (Å²) >= 11 is 0. The second kappa shape index (κ2) is 5.03. The SMILES string of the molecule is Cc1cc(C(=O)N(C)CC(C)N)c(C)nn1. The van der Waals surface area contributed by atoms with Crippen molar-refractivity contribution in [1.82, 2.24) is 15.1 Å². The number of aryl methyl sites for hydroxylation is 2. The first kappa shape index (κ1) is 12.6. The number of nitrogens with two attached hydrogens (primary N) is 1. The lowest BCUT2D eigenvalue weighted by atomic mass is 10.1. The molecule has 1 heterocycles. The van der Waals surface area contributed by atoms with Crippen LogP contribution in [0.5, 0.6) is 0 Å². The van der Waals surface area contributed by atoms with Crippen molar-refractivity contribution in [2.45, 2.75) is 26.8 Å². The highest BCUT2D eigenvalue weighted by Gasteiger charge is 2.16. The molecule has 0 radical (unpaired) electrons. The Bertz CT molecular complexity index is 390. The van der Waals surface area contributed by atoms with Gasteiger partial charge >= 0.3 is 0 Å². The maximum absolute atomic E-state index is 12.1. The molecule has 1 atom stereocenters. The summed E-state index contributed by atoms with van der Waals surface area (Å²) in [6.45, 7) is 5.99. The minimum absolute atomic E-state index is 0.0369. The molecule has 0 aromatic carbocycles. The number of likely N-dealkylation sites (N-methyl/N-ethyl adjacent to an activating group) is 1. The minimum Gasteiger partial charge on any atom is -0.340 e. The molecule has 0 saturated carbocycles. The average molecular weight is 222 g/mol. The molecule has 16 heavy (non-hydrogen) atoms. The van der Waals surface area contributed by atoms with Crippen molar-refractivity contribution in [3.05, 3.63) is 23.0 Å². The highest BCUT2D eigenvalue weighted by molar-refractivity contribution is 5.95. The van der Waals surface area contributed by atoms with Crippen molar-refractivity contribution < 1.29 is 4.79 Å². The molecular formula is C11H18N4O. The number of rotatable bonds is 3. The lowest BCUT2D eigenvalue weighted by Crippen LogP contribution is -2.37. The van der Waals surface area contributed by atoms with Crippen LogP contribution in [0, 0.1) is 13.8 Å². The van der Waals surface area contributed by atoms with E-state index in [2.05, 4.69) is 10.2 Å². The van der Waals surface area contributed by atoms with Crippen LogP contribution in [0.15, 0.2) is 6.07 Å². The molecule has 2 N–H and O–H groups in total. The predicted octanol–water partition coefficient (Wildman–Crippen LogP) is 0.513. The first-order valence-corrected chi connectivity index (χ1v) is 5.23. The van der Waals surface area contributed by atoms with Crippen LogP contribution in [0.4, 0.5) is 0 Å². The van der Waals surface area contributed by atoms with E-state index in [1.54, 1.807) is 24.9 Å². The summed E-state index contributed by atoms with van der Waals surface area (Å²) in [6, 6.07) is 1.72. The van der Waals surface area contributed by atoms with Crippen LogP contribution in [-0.4, -0.2) is 40.6 Å². The van der Waals surface area contributed by atoms with Crippen molar-refractivity contribution in [1.29, 1.82) is 0 Å². The molecule has 1 rings (SSSR count). The number of amides is 1. The number of aromatic nitrogens is 2. The van der Waals surface area contributed by atoms with Crippen LogP contribution < -0.4 is 5.73 Å². The topological polar surface area (TPSA) is 72.1 Å². The van der Waals surface area contributed by atoms with Crippen molar-refractivity contribution >= 4 is 5.91 Å². The Balaban J connectivity index is 2.91. The Hall–Kier alpha value is -1.49. The van der Waals surface area contributed by atoms with Gasteiger partial charge in [-0.2, -0.15) is 10.2 Å². The molecule has 1 unspecified atom stereocenters. The van der Waals surface area contributed by atoms with Crippen molar-refractivity contribution in [2.24, 2.45) is 5.73 Å². The molecule has 5 nitrogen and oxygen atoms in total. The number of carbonyl (C=O) groups is 1. The van der Waals surface area contributed by atoms with Gasteiger partial charge in [0.25, 0.3) is 5.91 Å². The maximum Gasteiger partial charge on any atom is 0.255 e. The zero-order valence-electron chi connectivity index (χ0n) is 10.2. The average Bonchev–Trinajstić information content (AvgIpc) is 2.19. The molecule has 0 bridgehead atoms. The molecule has 0 saturated heterocycles. The summed E-state index contributed by atoms with van der Waals surface area (Å²) in [5.74, 6) is -0.0622. The van der Waals surface area contributed by atoms with Gasteiger partial charge < -0.3 is 10.6 Å². The molecule has 88 valence electrons. The summed E-state index contributed by atoms with van der Waals surface area (Å²) in [6.07, 6.45) is 0.